The Bertz CT molecular complexity index is 712. The molecule has 0 saturated carbocycles. The highest BCUT2D eigenvalue weighted by molar-refractivity contribution is 7.89. The number of carbonyl (C=O) groups excluding carboxylic acids is 1. The Hall–Kier alpha value is -1.93. The summed E-state index contributed by atoms with van der Waals surface area (Å²) < 4.78 is 30.9. The van der Waals surface area contributed by atoms with Crippen LogP contribution in [0.25, 0.3) is 0 Å². The topological polar surface area (TPSA) is 101 Å². The van der Waals surface area contributed by atoms with Gasteiger partial charge in [0.2, 0.25) is 10.0 Å². The molecule has 0 aliphatic carbocycles. The number of nitrogens with zero attached hydrogens (tertiary/aromatic N) is 1. The molecule has 1 aromatic carbocycles. The Morgan fingerprint density at radius 3 is 2.59 bits per heavy atom. The first kappa shape index (κ1) is 16.4. The van der Waals surface area contributed by atoms with Crippen LogP contribution in [0.4, 0.5) is 0 Å². The molecule has 1 fully saturated rings. The second-order valence-corrected chi connectivity index (χ2v) is 6.94. The number of carboxylic acids is 1. The van der Waals surface area contributed by atoms with Crippen LogP contribution < -0.4 is 0 Å². The molecule has 1 atom stereocenters. The fourth-order valence-electron chi connectivity index (χ4n) is 2.58. The van der Waals surface area contributed by atoms with Crippen LogP contribution in [-0.2, 0) is 19.6 Å². The molecule has 1 aromatic rings. The van der Waals surface area contributed by atoms with Crippen LogP contribution in [0.1, 0.15) is 28.8 Å². The largest absolute Gasteiger partial charge is 0.480 e. The van der Waals surface area contributed by atoms with Crippen molar-refractivity contribution in [3.8, 4) is 0 Å². The van der Waals surface area contributed by atoms with E-state index in [2.05, 4.69) is 4.74 Å². The number of aryl methyl sites for hydroxylation is 1. The highest BCUT2D eigenvalue weighted by Gasteiger charge is 2.40. The van der Waals surface area contributed by atoms with E-state index >= 15 is 0 Å². The van der Waals surface area contributed by atoms with Crippen LogP contribution >= 0.6 is 0 Å². The van der Waals surface area contributed by atoms with E-state index in [1.54, 1.807) is 6.92 Å². The number of methoxy groups -OCH3 is 1. The van der Waals surface area contributed by atoms with Crippen molar-refractivity contribution in [3.05, 3.63) is 29.3 Å². The second kappa shape index (κ2) is 6.05. The summed E-state index contributed by atoms with van der Waals surface area (Å²) in [5.74, 6) is -1.71. The van der Waals surface area contributed by atoms with E-state index in [4.69, 9.17) is 5.11 Å². The zero-order chi connectivity index (χ0) is 16.5. The van der Waals surface area contributed by atoms with Crippen LogP contribution in [0.5, 0.6) is 0 Å². The van der Waals surface area contributed by atoms with E-state index in [0.29, 0.717) is 18.4 Å². The summed E-state index contributed by atoms with van der Waals surface area (Å²) in [4.78, 5) is 22.7. The van der Waals surface area contributed by atoms with E-state index < -0.39 is 28.0 Å². The van der Waals surface area contributed by atoms with E-state index in [9.17, 15) is 18.0 Å². The summed E-state index contributed by atoms with van der Waals surface area (Å²) in [6, 6.07) is 3.06. The fourth-order valence-corrected chi connectivity index (χ4v) is 4.44. The Kier molecular flexibility index (Phi) is 4.52. The second-order valence-electron chi connectivity index (χ2n) is 5.08. The van der Waals surface area contributed by atoms with Gasteiger partial charge in [0, 0.05) is 6.54 Å². The van der Waals surface area contributed by atoms with Crippen molar-refractivity contribution in [2.75, 3.05) is 13.7 Å². The number of sulfonamides is 1. The average Bonchev–Trinajstić information content (AvgIpc) is 2.96. The molecule has 0 aromatic heterocycles. The van der Waals surface area contributed by atoms with Crippen molar-refractivity contribution in [1.29, 1.82) is 0 Å². The van der Waals surface area contributed by atoms with Crippen LogP contribution in [0.3, 0.4) is 0 Å². The van der Waals surface area contributed by atoms with Crippen molar-refractivity contribution in [1.82, 2.24) is 4.31 Å². The van der Waals surface area contributed by atoms with Crippen molar-refractivity contribution in [3.63, 3.8) is 0 Å². The number of esters is 1. The molecule has 1 aliphatic rings. The van der Waals surface area contributed by atoms with Crippen LogP contribution in [0.15, 0.2) is 23.1 Å². The minimum atomic E-state index is -3.91. The maximum absolute atomic E-state index is 12.7. The van der Waals surface area contributed by atoms with Gasteiger partial charge in [0.15, 0.2) is 0 Å². The Morgan fingerprint density at radius 2 is 2.05 bits per heavy atom. The van der Waals surface area contributed by atoms with Crippen LogP contribution in [0.2, 0.25) is 0 Å². The zero-order valence-electron chi connectivity index (χ0n) is 12.3. The van der Waals surface area contributed by atoms with Gasteiger partial charge in [0.25, 0.3) is 0 Å². The molecule has 0 radical (unpaired) electrons. The van der Waals surface area contributed by atoms with Gasteiger partial charge in [-0.05, 0) is 43.5 Å². The third-order valence-corrected chi connectivity index (χ3v) is 5.74. The molecule has 1 heterocycles. The van der Waals surface area contributed by atoms with E-state index in [-0.39, 0.29) is 17.0 Å². The molecule has 8 heteroatoms. The van der Waals surface area contributed by atoms with Gasteiger partial charge in [-0.25, -0.2) is 13.2 Å². The van der Waals surface area contributed by atoms with E-state index in [1.807, 2.05) is 0 Å². The van der Waals surface area contributed by atoms with Crippen molar-refractivity contribution in [2.24, 2.45) is 0 Å². The lowest BCUT2D eigenvalue weighted by Gasteiger charge is -2.22. The molecule has 0 amide bonds. The molecule has 1 N–H and O–H groups in total. The van der Waals surface area contributed by atoms with Gasteiger partial charge in [0.05, 0.1) is 17.6 Å². The third kappa shape index (κ3) is 2.84. The van der Waals surface area contributed by atoms with Crippen molar-refractivity contribution < 1.29 is 27.9 Å². The maximum atomic E-state index is 12.7. The molecular formula is C14H17NO6S. The molecule has 0 spiro atoms. The number of hydrogen-bond donors (Lipinski definition) is 1. The highest BCUT2D eigenvalue weighted by Crippen LogP contribution is 2.28. The lowest BCUT2D eigenvalue weighted by molar-refractivity contribution is -0.140. The first-order chi connectivity index (χ1) is 10.3. The SMILES string of the molecule is COC(=O)c1ccc(S(=O)(=O)N2CCC[C@@H]2C(=O)O)c(C)c1. The molecule has 22 heavy (non-hydrogen) atoms. The summed E-state index contributed by atoms with van der Waals surface area (Å²) >= 11 is 0. The van der Waals surface area contributed by atoms with Gasteiger partial charge in [-0.1, -0.05) is 0 Å². The Morgan fingerprint density at radius 1 is 1.36 bits per heavy atom. The van der Waals surface area contributed by atoms with Gasteiger partial charge in [-0.15, -0.1) is 0 Å². The first-order valence-electron chi connectivity index (χ1n) is 6.72. The maximum Gasteiger partial charge on any atom is 0.337 e. The Labute approximate surface area is 128 Å². The number of carbonyl (C=O) groups is 2. The number of rotatable bonds is 4. The standard InChI is InChI=1S/C14H17NO6S/c1-9-8-10(14(18)21-2)5-6-12(9)22(19,20)15-7-3-4-11(15)13(16)17/h5-6,8,11H,3-4,7H2,1-2H3,(H,16,17)/t11-/m1/s1. The molecule has 1 aliphatic heterocycles. The lowest BCUT2D eigenvalue weighted by atomic mass is 10.1. The number of carboxylic acid groups (broad SMARTS) is 1. The van der Waals surface area contributed by atoms with Crippen molar-refractivity contribution >= 4 is 22.0 Å². The molecule has 2 rings (SSSR count). The predicted molar refractivity (Wildman–Crippen MR) is 77.1 cm³/mol. The predicted octanol–water partition coefficient (Wildman–Crippen LogP) is 1.02. The van der Waals surface area contributed by atoms with Gasteiger partial charge in [-0.2, -0.15) is 4.31 Å². The molecule has 120 valence electrons. The number of benzene rings is 1. The van der Waals surface area contributed by atoms with Crippen molar-refractivity contribution in [2.45, 2.75) is 30.7 Å². The summed E-state index contributed by atoms with van der Waals surface area (Å²) in [6.07, 6.45) is 0.809. The fraction of sp³-hybridized carbons (Fsp3) is 0.429. The molecule has 1 saturated heterocycles. The lowest BCUT2D eigenvalue weighted by Crippen LogP contribution is -2.40. The minimum Gasteiger partial charge on any atom is -0.480 e. The normalized spacial score (nSPS) is 19.1. The van der Waals surface area contributed by atoms with Gasteiger partial charge in [0.1, 0.15) is 6.04 Å². The smallest absolute Gasteiger partial charge is 0.337 e. The number of aliphatic carboxylic acids is 1. The number of hydrogen-bond acceptors (Lipinski definition) is 5. The zero-order valence-corrected chi connectivity index (χ0v) is 13.1. The first-order valence-corrected chi connectivity index (χ1v) is 8.16. The summed E-state index contributed by atoms with van der Waals surface area (Å²) in [5.41, 5.74) is 0.620. The van der Waals surface area contributed by atoms with Gasteiger partial charge >= 0.3 is 11.9 Å². The Balaban J connectivity index is 2.42. The summed E-state index contributed by atoms with van der Waals surface area (Å²) in [7, 11) is -2.67. The van der Waals surface area contributed by atoms with Gasteiger partial charge in [-0.3, -0.25) is 4.79 Å². The molecule has 7 nitrogen and oxygen atoms in total. The van der Waals surface area contributed by atoms with Crippen LogP contribution in [-0.4, -0.2) is 49.5 Å². The van der Waals surface area contributed by atoms with E-state index in [0.717, 1.165) is 4.31 Å². The third-order valence-electron chi connectivity index (χ3n) is 3.67. The van der Waals surface area contributed by atoms with Crippen LogP contribution in [0, 0.1) is 6.92 Å². The molecule has 0 bridgehead atoms. The monoisotopic (exact) mass is 327 g/mol. The average molecular weight is 327 g/mol. The highest BCUT2D eigenvalue weighted by atomic mass is 32.2. The van der Waals surface area contributed by atoms with Gasteiger partial charge < -0.3 is 9.84 Å². The minimum absolute atomic E-state index is 0.00769. The molecule has 0 unspecified atom stereocenters. The van der Waals surface area contributed by atoms with E-state index in [1.165, 1.54) is 25.3 Å². The summed E-state index contributed by atoms with van der Waals surface area (Å²) in [5, 5.41) is 9.14. The number of ether oxygens (including phenoxy) is 1. The molecular weight excluding hydrogens is 310 g/mol. The quantitative estimate of drug-likeness (QED) is 0.829. The summed E-state index contributed by atoms with van der Waals surface area (Å²) in [6.45, 7) is 1.74.